The molecule has 3 heterocycles. The van der Waals surface area contributed by atoms with E-state index in [0.29, 0.717) is 0 Å². The number of benzene rings is 1. The van der Waals surface area contributed by atoms with Gasteiger partial charge in [-0.05, 0) is 53.8 Å². The van der Waals surface area contributed by atoms with Crippen molar-refractivity contribution in [1.82, 2.24) is 4.98 Å². The van der Waals surface area contributed by atoms with E-state index in [1.807, 2.05) is 12.4 Å². The molecule has 0 atom stereocenters. The van der Waals surface area contributed by atoms with Crippen LogP contribution < -0.4 is 5.32 Å². The largest absolute Gasteiger partial charge is 0.384 e. The summed E-state index contributed by atoms with van der Waals surface area (Å²) in [5.74, 6) is 0. The molecule has 0 amide bonds. The van der Waals surface area contributed by atoms with Crippen molar-refractivity contribution < 1.29 is 4.74 Å². The number of hydrogen-bond acceptors (Lipinski definition) is 3. The van der Waals surface area contributed by atoms with E-state index in [-0.39, 0.29) is 5.41 Å². The van der Waals surface area contributed by atoms with Crippen molar-refractivity contribution >= 4 is 5.69 Å². The summed E-state index contributed by atoms with van der Waals surface area (Å²) in [4.78, 5) is 4.10. The molecule has 1 aromatic carbocycles. The van der Waals surface area contributed by atoms with E-state index in [1.54, 1.807) is 0 Å². The molecule has 102 valence electrons. The van der Waals surface area contributed by atoms with Gasteiger partial charge < -0.3 is 10.1 Å². The lowest BCUT2D eigenvalue weighted by Crippen LogP contribution is -2.35. The zero-order valence-electron chi connectivity index (χ0n) is 11.4. The molecule has 0 saturated carbocycles. The van der Waals surface area contributed by atoms with Crippen LogP contribution in [0, 0.1) is 0 Å². The number of fused-ring (bicyclic) bond motifs is 2. The SMILES string of the molecule is c1cc(-c2ccc3c(c2)C2(CCOCC2)CN3)ccn1. The number of ether oxygens (including phenoxy) is 1. The average Bonchev–Trinajstić information content (AvgIpc) is 2.87. The second kappa shape index (κ2) is 4.60. The normalized spacial score (nSPS) is 19.6. The van der Waals surface area contributed by atoms with Gasteiger partial charge in [0, 0.05) is 43.3 Å². The number of aromatic nitrogens is 1. The molecule has 1 saturated heterocycles. The van der Waals surface area contributed by atoms with Crippen molar-refractivity contribution in [2.24, 2.45) is 0 Å². The Morgan fingerprint density at radius 2 is 1.80 bits per heavy atom. The predicted molar refractivity (Wildman–Crippen MR) is 79.9 cm³/mol. The molecule has 0 radical (unpaired) electrons. The van der Waals surface area contributed by atoms with Crippen molar-refractivity contribution in [1.29, 1.82) is 0 Å². The van der Waals surface area contributed by atoms with Crippen molar-refractivity contribution in [2.75, 3.05) is 25.1 Å². The molecule has 2 aliphatic heterocycles. The lowest BCUT2D eigenvalue weighted by molar-refractivity contribution is 0.0567. The standard InChI is InChI=1S/C17H18N2O/c1-2-16-15(11-14(1)13-3-7-18-8-4-13)17(12-19-16)5-9-20-10-6-17/h1-4,7-8,11,19H,5-6,9-10,12H2. The van der Waals surface area contributed by atoms with E-state index in [2.05, 4.69) is 40.6 Å². The van der Waals surface area contributed by atoms with Gasteiger partial charge in [-0.1, -0.05) is 6.07 Å². The molecular weight excluding hydrogens is 248 g/mol. The molecule has 0 aliphatic carbocycles. The van der Waals surface area contributed by atoms with Gasteiger partial charge in [0.25, 0.3) is 0 Å². The molecule has 2 aliphatic rings. The minimum Gasteiger partial charge on any atom is -0.384 e. The van der Waals surface area contributed by atoms with Gasteiger partial charge in [-0.3, -0.25) is 4.98 Å². The maximum Gasteiger partial charge on any atom is 0.0475 e. The highest BCUT2D eigenvalue weighted by molar-refractivity contribution is 5.71. The Morgan fingerprint density at radius 1 is 1.00 bits per heavy atom. The molecule has 2 aromatic rings. The van der Waals surface area contributed by atoms with Crippen LogP contribution in [0.15, 0.2) is 42.7 Å². The minimum atomic E-state index is 0.274. The zero-order chi connectivity index (χ0) is 13.4. The van der Waals surface area contributed by atoms with E-state index < -0.39 is 0 Å². The maximum absolute atomic E-state index is 5.55. The van der Waals surface area contributed by atoms with Crippen LogP contribution in [0.1, 0.15) is 18.4 Å². The summed E-state index contributed by atoms with van der Waals surface area (Å²) in [6.07, 6.45) is 5.94. The monoisotopic (exact) mass is 266 g/mol. The lowest BCUT2D eigenvalue weighted by atomic mass is 9.75. The maximum atomic E-state index is 5.55. The summed E-state index contributed by atoms with van der Waals surface area (Å²) in [6, 6.07) is 10.9. The topological polar surface area (TPSA) is 34.1 Å². The summed E-state index contributed by atoms with van der Waals surface area (Å²) >= 11 is 0. The molecule has 3 heteroatoms. The van der Waals surface area contributed by atoms with Crippen LogP contribution in [-0.4, -0.2) is 24.7 Å². The van der Waals surface area contributed by atoms with E-state index in [9.17, 15) is 0 Å². The van der Waals surface area contributed by atoms with Crippen molar-refractivity contribution in [2.45, 2.75) is 18.3 Å². The van der Waals surface area contributed by atoms with Crippen LogP contribution in [-0.2, 0) is 10.2 Å². The third-order valence-corrected chi connectivity index (χ3v) is 4.67. The fraction of sp³-hybridized carbons (Fsp3) is 0.353. The molecule has 4 rings (SSSR count). The van der Waals surface area contributed by atoms with E-state index >= 15 is 0 Å². The van der Waals surface area contributed by atoms with Crippen LogP contribution in [0.2, 0.25) is 0 Å². The van der Waals surface area contributed by atoms with Gasteiger partial charge in [0.1, 0.15) is 0 Å². The van der Waals surface area contributed by atoms with Crippen molar-refractivity contribution in [3.8, 4) is 11.1 Å². The number of nitrogens with one attached hydrogen (secondary N) is 1. The molecule has 0 bridgehead atoms. The first-order valence-electron chi connectivity index (χ1n) is 7.24. The van der Waals surface area contributed by atoms with Crippen molar-refractivity contribution in [3.63, 3.8) is 0 Å². The van der Waals surface area contributed by atoms with Gasteiger partial charge >= 0.3 is 0 Å². The number of rotatable bonds is 1. The Labute approximate surface area is 119 Å². The number of hydrogen-bond donors (Lipinski definition) is 1. The fourth-order valence-electron chi connectivity index (χ4n) is 3.43. The third kappa shape index (κ3) is 1.81. The third-order valence-electron chi connectivity index (χ3n) is 4.67. The van der Waals surface area contributed by atoms with Gasteiger partial charge in [0.05, 0.1) is 0 Å². The van der Waals surface area contributed by atoms with Gasteiger partial charge in [-0.2, -0.15) is 0 Å². The lowest BCUT2D eigenvalue weighted by Gasteiger charge is -2.33. The first kappa shape index (κ1) is 11.9. The number of anilines is 1. The summed E-state index contributed by atoms with van der Waals surface area (Å²) in [7, 11) is 0. The molecule has 0 unspecified atom stereocenters. The highest BCUT2D eigenvalue weighted by Gasteiger charge is 2.40. The Bertz CT molecular complexity index is 613. The Kier molecular flexibility index (Phi) is 2.74. The van der Waals surface area contributed by atoms with Gasteiger partial charge in [0.2, 0.25) is 0 Å². The zero-order valence-corrected chi connectivity index (χ0v) is 11.4. The molecule has 1 aromatic heterocycles. The number of nitrogens with zero attached hydrogens (tertiary/aromatic N) is 1. The highest BCUT2D eigenvalue weighted by Crippen LogP contribution is 2.44. The summed E-state index contributed by atoms with van der Waals surface area (Å²) in [6.45, 7) is 2.80. The Balaban J connectivity index is 1.78. The van der Waals surface area contributed by atoms with Crippen LogP contribution in [0.3, 0.4) is 0 Å². The van der Waals surface area contributed by atoms with Crippen LogP contribution in [0.4, 0.5) is 5.69 Å². The Morgan fingerprint density at radius 3 is 2.60 bits per heavy atom. The molecule has 3 nitrogen and oxygen atoms in total. The summed E-state index contributed by atoms with van der Waals surface area (Å²) in [5.41, 5.74) is 5.55. The number of pyridine rings is 1. The highest BCUT2D eigenvalue weighted by atomic mass is 16.5. The minimum absolute atomic E-state index is 0.274. The molecule has 1 N–H and O–H groups in total. The average molecular weight is 266 g/mol. The summed E-state index contributed by atoms with van der Waals surface area (Å²) < 4.78 is 5.55. The predicted octanol–water partition coefficient (Wildman–Crippen LogP) is 3.22. The van der Waals surface area contributed by atoms with Crippen LogP contribution in [0.5, 0.6) is 0 Å². The second-order valence-electron chi connectivity index (χ2n) is 5.74. The molecule has 20 heavy (non-hydrogen) atoms. The van der Waals surface area contributed by atoms with Crippen molar-refractivity contribution in [3.05, 3.63) is 48.3 Å². The van der Waals surface area contributed by atoms with E-state index in [4.69, 9.17) is 4.74 Å². The molecule has 1 spiro atoms. The van der Waals surface area contributed by atoms with E-state index in [1.165, 1.54) is 22.4 Å². The fourth-order valence-corrected chi connectivity index (χ4v) is 3.43. The second-order valence-corrected chi connectivity index (χ2v) is 5.74. The first-order chi connectivity index (χ1) is 9.87. The van der Waals surface area contributed by atoms with Gasteiger partial charge in [0.15, 0.2) is 0 Å². The molecule has 1 fully saturated rings. The first-order valence-corrected chi connectivity index (χ1v) is 7.24. The smallest absolute Gasteiger partial charge is 0.0475 e. The summed E-state index contributed by atoms with van der Waals surface area (Å²) in [5, 5.41) is 3.57. The van der Waals surface area contributed by atoms with Crippen LogP contribution >= 0.6 is 0 Å². The van der Waals surface area contributed by atoms with Gasteiger partial charge in [-0.25, -0.2) is 0 Å². The Hall–Kier alpha value is -1.87. The van der Waals surface area contributed by atoms with Crippen LogP contribution in [0.25, 0.3) is 11.1 Å². The quantitative estimate of drug-likeness (QED) is 0.860. The van der Waals surface area contributed by atoms with E-state index in [0.717, 1.165) is 32.6 Å². The van der Waals surface area contributed by atoms with Gasteiger partial charge in [-0.15, -0.1) is 0 Å². The molecular formula is C17H18N2O.